The zero-order valence-electron chi connectivity index (χ0n) is 4.89. The number of H-pyrrole nitrogens is 1. The molecule has 1 fully saturated rings. The molecule has 0 bridgehead atoms. The van der Waals surface area contributed by atoms with Gasteiger partial charge in [0.15, 0.2) is 0 Å². The van der Waals surface area contributed by atoms with E-state index < -0.39 is 0 Å². The normalized spacial score (nSPS) is 21.9. The van der Waals surface area contributed by atoms with Gasteiger partial charge in [0.05, 0.1) is 10.6 Å². The van der Waals surface area contributed by atoms with Gasteiger partial charge in [-0.15, -0.1) is 11.6 Å². The van der Waals surface area contributed by atoms with Crippen molar-refractivity contribution >= 4 is 11.6 Å². The standard InChI is InChI=1S/C6H7ClN2/c7-6(2-3-6)5-1-4-8-9-5/h1,4H,2-3H2,(H,8,9). The molecule has 1 heterocycles. The maximum absolute atomic E-state index is 6.04. The highest BCUT2D eigenvalue weighted by atomic mass is 35.5. The molecule has 3 heteroatoms. The second kappa shape index (κ2) is 1.51. The van der Waals surface area contributed by atoms with Crippen LogP contribution in [0, 0.1) is 0 Å². The second-order valence-electron chi connectivity index (χ2n) is 2.44. The fourth-order valence-corrected chi connectivity index (χ4v) is 1.08. The number of hydrogen-bond donors (Lipinski definition) is 1. The highest BCUT2D eigenvalue weighted by Gasteiger charge is 2.43. The van der Waals surface area contributed by atoms with Gasteiger partial charge in [-0.1, -0.05) is 0 Å². The van der Waals surface area contributed by atoms with Crippen molar-refractivity contribution in [2.45, 2.75) is 17.7 Å². The maximum Gasteiger partial charge on any atom is 0.0861 e. The summed E-state index contributed by atoms with van der Waals surface area (Å²) in [6.45, 7) is 0. The van der Waals surface area contributed by atoms with Crippen molar-refractivity contribution in [1.29, 1.82) is 0 Å². The molecule has 48 valence electrons. The van der Waals surface area contributed by atoms with Crippen LogP contribution in [0.3, 0.4) is 0 Å². The lowest BCUT2D eigenvalue weighted by Crippen LogP contribution is -1.95. The van der Waals surface area contributed by atoms with E-state index in [1.54, 1.807) is 6.20 Å². The van der Waals surface area contributed by atoms with Gasteiger partial charge in [0.2, 0.25) is 0 Å². The molecule has 1 aromatic rings. The first-order chi connectivity index (χ1) is 4.31. The van der Waals surface area contributed by atoms with Crippen LogP contribution in [0.15, 0.2) is 12.3 Å². The van der Waals surface area contributed by atoms with E-state index in [-0.39, 0.29) is 4.87 Å². The van der Waals surface area contributed by atoms with E-state index in [0.717, 1.165) is 18.5 Å². The van der Waals surface area contributed by atoms with Crippen LogP contribution in [-0.2, 0) is 4.87 Å². The molecule has 1 aliphatic carbocycles. The molecule has 0 saturated heterocycles. The molecule has 2 nitrogen and oxygen atoms in total. The van der Waals surface area contributed by atoms with E-state index in [1.165, 1.54) is 0 Å². The Labute approximate surface area is 58.2 Å². The highest BCUT2D eigenvalue weighted by Crippen LogP contribution is 2.50. The Bertz CT molecular complexity index is 201. The summed E-state index contributed by atoms with van der Waals surface area (Å²) in [5.74, 6) is 0. The van der Waals surface area contributed by atoms with Crippen LogP contribution in [-0.4, -0.2) is 10.2 Å². The zero-order valence-corrected chi connectivity index (χ0v) is 5.65. The van der Waals surface area contributed by atoms with E-state index in [0.29, 0.717) is 0 Å². The van der Waals surface area contributed by atoms with Gasteiger partial charge in [-0.2, -0.15) is 5.10 Å². The number of hydrogen-bond acceptors (Lipinski definition) is 1. The summed E-state index contributed by atoms with van der Waals surface area (Å²) in [5.41, 5.74) is 1.06. The third-order valence-corrected chi connectivity index (χ3v) is 2.25. The van der Waals surface area contributed by atoms with Gasteiger partial charge < -0.3 is 0 Å². The van der Waals surface area contributed by atoms with Gasteiger partial charge in [-0.3, -0.25) is 5.10 Å². The predicted molar refractivity (Wildman–Crippen MR) is 35.4 cm³/mol. The fraction of sp³-hybridized carbons (Fsp3) is 0.500. The van der Waals surface area contributed by atoms with E-state index in [9.17, 15) is 0 Å². The molecular formula is C6H7ClN2. The molecular weight excluding hydrogens is 136 g/mol. The Kier molecular flexibility index (Phi) is 0.887. The van der Waals surface area contributed by atoms with Gasteiger partial charge in [0.25, 0.3) is 0 Å². The van der Waals surface area contributed by atoms with E-state index in [1.807, 2.05) is 6.07 Å². The first-order valence-electron chi connectivity index (χ1n) is 3.00. The van der Waals surface area contributed by atoms with Gasteiger partial charge >= 0.3 is 0 Å². The average molecular weight is 143 g/mol. The molecule has 0 aromatic carbocycles. The predicted octanol–water partition coefficient (Wildman–Crippen LogP) is 1.64. The minimum Gasteiger partial charge on any atom is -0.281 e. The summed E-state index contributed by atoms with van der Waals surface area (Å²) in [6, 6.07) is 1.93. The minimum absolute atomic E-state index is 0.0729. The molecule has 1 saturated carbocycles. The number of nitrogens with zero attached hydrogens (tertiary/aromatic N) is 1. The Balaban J connectivity index is 2.34. The van der Waals surface area contributed by atoms with Crippen molar-refractivity contribution in [1.82, 2.24) is 10.2 Å². The second-order valence-corrected chi connectivity index (χ2v) is 3.16. The molecule has 0 unspecified atom stereocenters. The number of nitrogens with one attached hydrogen (secondary N) is 1. The Morgan fingerprint density at radius 2 is 2.44 bits per heavy atom. The van der Waals surface area contributed by atoms with Crippen molar-refractivity contribution in [3.63, 3.8) is 0 Å². The summed E-state index contributed by atoms with van der Waals surface area (Å²) in [4.78, 5) is -0.0729. The number of halogens is 1. The SMILES string of the molecule is ClC1(c2ccn[nH]2)CC1. The van der Waals surface area contributed by atoms with Crippen molar-refractivity contribution in [2.75, 3.05) is 0 Å². The van der Waals surface area contributed by atoms with Crippen LogP contribution in [0.2, 0.25) is 0 Å². The third-order valence-electron chi connectivity index (χ3n) is 1.67. The molecule has 2 rings (SSSR count). The number of alkyl halides is 1. The Morgan fingerprint density at radius 3 is 2.89 bits per heavy atom. The molecule has 0 radical (unpaired) electrons. The van der Waals surface area contributed by atoms with E-state index in [4.69, 9.17) is 11.6 Å². The summed E-state index contributed by atoms with van der Waals surface area (Å²) in [5, 5.41) is 6.68. The van der Waals surface area contributed by atoms with Crippen LogP contribution in [0.4, 0.5) is 0 Å². The third kappa shape index (κ3) is 0.741. The van der Waals surface area contributed by atoms with Gasteiger partial charge in [0.1, 0.15) is 0 Å². The Hall–Kier alpha value is -0.500. The summed E-state index contributed by atoms with van der Waals surface area (Å²) >= 11 is 6.04. The molecule has 1 N–H and O–H groups in total. The number of aromatic amines is 1. The van der Waals surface area contributed by atoms with Crippen LogP contribution in [0.5, 0.6) is 0 Å². The molecule has 0 aliphatic heterocycles. The van der Waals surface area contributed by atoms with Gasteiger partial charge in [-0.25, -0.2) is 0 Å². The monoisotopic (exact) mass is 142 g/mol. The smallest absolute Gasteiger partial charge is 0.0861 e. The molecule has 0 spiro atoms. The largest absolute Gasteiger partial charge is 0.281 e. The lowest BCUT2D eigenvalue weighted by molar-refractivity contribution is 0.905. The lowest BCUT2D eigenvalue weighted by atomic mass is 10.3. The van der Waals surface area contributed by atoms with Crippen LogP contribution >= 0.6 is 11.6 Å². The first-order valence-corrected chi connectivity index (χ1v) is 3.38. The summed E-state index contributed by atoms with van der Waals surface area (Å²) in [6.07, 6.45) is 3.89. The van der Waals surface area contributed by atoms with Gasteiger partial charge in [-0.05, 0) is 18.9 Å². The number of rotatable bonds is 1. The lowest BCUT2D eigenvalue weighted by Gasteiger charge is -1.98. The van der Waals surface area contributed by atoms with E-state index >= 15 is 0 Å². The quantitative estimate of drug-likeness (QED) is 0.594. The first kappa shape index (κ1) is 5.30. The average Bonchev–Trinajstić information content (AvgIpc) is 2.46. The minimum atomic E-state index is -0.0729. The maximum atomic E-state index is 6.04. The summed E-state index contributed by atoms with van der Waals surface area (Å²) in [7, 11) is 0. The molecule has 1 aromatic heterocycles. The van der Waals surface area contributed by atoms with Crippen molar-refractivity contribution in [3.05, 3.63) is 18.0 Å². The molecule has 0 amide bonds. The Morgan fingerprint density at radius 1 is 1.67 bits per heavy atom. The topological polar surface area (TPSA) is 28.7 Å². The van der Waals surface area contributed by atoms with Crippen molar-refractivity contribution in [3.8, 4) is 0 Å². The summed E-state index contributed by atoms with van der Waals surface area (Å²) < 4.78 is 0. The van der Waals surface area contributed by atoms with Crippen LogP contribution < -0.4 is 0 Å². The van der Waals surface area contributed by atoms with Crippen molar-refractivity contribution in [2.24, 2.45) is 0 Å². The molecule has 0 atom stereocenters. The highest BCUT2D eigenvalue weighted by molar-refractivity contribution is 6.25. The molecule has 9 heavy (non-hydrogen) atoms. The van der Waals surface area contributed by atoms with Crippen LogP contribution in [0.1, 0.15) is 18.5 Å². The fourth-order valence-electron chi connectivity index (χ4n) is 0.884. The van der Waals surface area contributed by atoms with Gasteiger partial charge in [0, 0.05) is 6.20 Å². The van der Waals surface area contributed by atoms with E-state index in [2.05, 4.69) is 10.2 Å². The number of aromatic nitrogens is 2. The van der Waals surface area contributed by atoms with Crippen LogP contribution in [0.25, 0.3) is 0 Å². The van der Waals surface area contributed by atoms with Crippen molar-refractivity contribution < 1.29 is 0 Å². The zero-order chi connectivity index (χ0) is 6.32. The molecule has 1 aliphatic rings.